The predicted octanol–water partition coefficient (Wildman–Crippen LogP) is 5.13. The van der Waals surface area contributed by atoms with Gasteiger partial charge in [-0.05, 0) is 49.1 Å². The van der Waals surface area contributed by atoms with Crippen LogP contribution in [0.1, 0.15) is 30.3 Å². The molecule has 0 atom stereocenters. The quantitative estimate of drug-likeness (QED) is 0.761. The number of rotatable bonds is 2. The van der Waals surface area contributed by atoms with E-state index in [1.54, 1.807) is 24.3 Å². The number of hydrogen-bond acceptors (Lipinski definition) is 2. The molecule has 0 spiro atoms. The third kappa shape index (κ3) is 3.16. The third-order valence-corrected chi connectivity index (χ3v) is 4.83. The molecule has 0 N–H and O–H groups in total. The molecule has 1 amide bonds. The first-order valence-electron chi connectivity index (χ1n) is 7.39. The Bertz CT molecular complexity index is 688. The minimum absolute atomic E-state index is 0.0433. The molecule has 0 saturated carbocycles. The van der Waals surface area contributed by atoms with Gasteiger partial charge in [-0.1, -0.05) is 30.1 Å². The van der Waals surface area contributed by atoms with Crippen LogP contribution in [0.4, 0.5) is 0 Å². The Hall–Kier alpha value is -1.45. The number of piperidine rings is 1. The highest BCUT2D eigenvalue weighted by molar-refractivity contribution is 6.42. The van der Waals surface area contributed by atoms with Crippen molar-refractivity contribution in [1.82, 2.24) is 4.90 Å². The zero-order valence-corrected chi connectivity index (χ0v) is 13.8. The summed E-state index contributed by atoms with van der Waals surface area (Å²) in [4.78, 5) is 14.3. The van der Waals surface area contributed by atoms with Gasteiger partial charge in [-0.2, -0.15) is 0 Å². The van der Waals surface area contributed by atoms with E-state index in [0.29, 0.717) is 27.5 Å². The van der Waals surface area contributed by atoms with Crippen LogP contribution in [0, 0.1) is 5.92 Å². The molecule has 1 aromatic heterocycles. The van der Waals surface area contributed by atoms with E-state index in [4.69, 9.17) is 27.6 Å². The summed E-state index contributed by atoms with van der Waals surface area (Å²) in [6.07, 6.45) is 2.10. The smallest absolute Gasteiger partial charge is 0.289 e. The van der Waals surface area contributed by atoms with Crippen molar-refractivity contribution in [1.29, 1.82) is 0 Å². The zero-order valence-electron chi connectivity index (χ0n) is 12.3. The molecular formula is C17H17Cl2NO2. The zero-order chi connectivity index (χ0) is 15.7. The fraction of sp³-hybridized carbons (Fsp3) is 0.353. The topological polar surface area (TPSA) is 33.5 Å². The molecule has 1 fully saturated rings. The number of hydrogen-bond donors (Lipinski definition) is 0. The van der Waals surface area contributed by atoms with Crippen LogP contribution in [0.3, 0.4) is 0 Å². The summed E-state index contributed by atoms with van der Waals surface area (Å²) >= 11 is 11.9. The highest BCUT2D eigenvalue weighted by Crippen LogP contribution is 2.30. The third-order valence-electron chi connectivity index (χ3n) is 4.09. The van der Waals surface area contributed by atoms with Crippen LogP contribution < -0.4 is 0 Å². The number of amides is 1. The summed E-state index contributed by atoms with van der Waals surface area (Å²) < 4.78 is 5.71. The second-order valence-corrected chi connectivity index (χ2v) is 6.58. The molecule has 2 aromatic rings. The Morgan fingerprint density at radius 3 is 2.55 bits per heavy atom. The van der Waals surface area contributed by atoms with Crippen molar-refractivity contribution in [3.8, 4) is 11.3 Å². The molecule has 5 heteroatoms. The van der Waals surface area contributed by atoms with E-state index in [2.05, 4.69) is 6.92 Å². The number of carbonyl (C=O) groups excluding carboxylic acids is 1. The van der Waals surface area contributed by atoms with Gasteiger partial charge < -0.3 is 9.32 Å². The molecule has 0 radical (unpaired) electrons. The predicted molar refractivity (Wildman–Crippen MR) is 88.5 cm³/mol. The van der Waals surface area contributed by atoms with Crippen molar-refractivity contribution in [3.63, 3.8) is 0 Å². The van der Waals surface area contributed by atoms with Crippen molar-refractivity contribution < 1.29 is 9.21 Å². The number of furan rings is 1. The van der Waals surface area contributed by atoms with Gasteiger partial charge >= 0.3 is 0 Å². The number of benzene rings is 1. The van der Waals surface area contributed by atoms with Crippen molar-refractivity contribution in [2.45, 2.75) is 19.8 Å². The minimum atomic E-state index is -0.0433. The second-order valence-electron chi connectivity index (χ2n) is 5.77. The molecule has 116 valence electrons. The summed E-state index contributed by atoms with van der Waals surface area (Å²) in [7, 11) is 0. The van der Waals surface area contributed by atoms with Crippen LogP contribution in [-0.4, -0.2) is 23.9 Å². The molecule has 3 nitrogen and oxygen atoms in total. The van der Waals surface area contributed by atoms with E-state index in [1.165, 1.54) is 0 Å². The van der Waals surface area contributed by atoms with Crippen LogP contribution in [0.15, 0.2) is 34.7 Å². The van der Waals surface area contributed by atoms with Gasteiger partial charge in [0.25, 0.3) is 5.91 Å². The van der Waals surface area contributed by atoms with Crippen molar-refractivity contribution in [2.24, 2.45) is 5.92 Å². The number of nitrogens with zero attached hydrogens (tertiary/aromatic N) is 1. The fourth-order valence-electron chi connectivity index (χ4n) is 2.62. The van der Waals surface area contributed by atoms with Crippen LogP contribution >= 0.6 is 23.2 Å². The molecule has 0 aliphatic carbocycles. The van der Waals surface area contributed by atoms with Gasteiger partial charge in [0.2, 0.25) is 0 Å². The summed E-state index contributed by atoms with van der Waals surface area (Å²) in [5.74, 6) is 1.63. The van der Waals surface area contributed by atoms with Crippen LogP contribution in [0.25, 0.3) is 11.3 Å². The summed E-state index contributed by atoms with van der Waals surface area (Å²) in [5.41, 5.74) is 0.806. The van der Waals surface area contributed by atoms with Gasteiger partial charge in [0.1, 0.15) is 5.76 Å². The van der Waals surface area contributed by atoms with E-state index in [9.17, 15) is 4.79 Å². The maximum absolute atomic E-state index is 12.5. The van der Waals surface area contributed by atoms with Crippen LogP contribution in [-0.2, 0) is 0 Å². The van der Waals surface area contributed by atoms with E-state index >= 15 is 0 Å². The summed E-state index contributed by atoms with van der Waals surface area (Å²) in [5, 5.41) is 0.962. The molecular weight excluding hydrogens is 321 g/mol. The summed E-state index contributed by atoms with van der Waals surface area (Å²) in [6.45, 7) is 3.81. The van der Waals surface area contributed by atoms with Gasteiger partial charge in [-0.3, -0.25) is 4.79 Å². The number of likely N-dealkylation sites (tertiary alicyclic amines) is 1. The van der Waals surface area contributed by atoms with E-state index in [0.717, 1.165) is 31.5 Å². The minimum Gasteiger partial charge on any atom is -0.451 e. The van der Waals surface area contributed by atoms with Gasteiger partial charge in [0, 0.05) is 18.7 Å². The molecule has 0 unspecified atom stereocenters. The lowest BCUT2D eigenvalue weighted by Crippen LogP contribution is -2.37. The molecule has 0 bridgehead atoms. The first kappa shape index (κ1) is 15.4. The Labute approximate surface area is 139 Å². The van der Waals surface area contributed by atoms with Crippen LogP contribution in [0.2, 0.25) is 10.0 Å². The highest BCUT2D eigenvalue weighted by Gasteiger charge is 2.23. The maximum Gasteiger partial charge on any atom is 0.289 e. The largest absolute Gasteiger partial charge is 0.451 e. The van der Waals surface area contributed by atoms with Gasteiger partial charge in [-0.25, -0.2) is 0 Å². The SMILES string of the molecule is CC1CCN(C(=O)c2ccc(-c3ccc(Cl)c(Cl)c3)o2)CC1. The Kier molecular flexibility index (Phi) is 4.46. The monoisotopic (exact) mass is 337 g/mol. The molecule has 22 heavy (non-hydrogen) atoms. The average molecular weight is 338 g/mol. The number of halogens is 2. The molecule has 1 aromatic carbocycles. The lowest BCUT2D eigenvalue weighted by molar-refractivity contribution is 0.0666. The number of carbonyl (C=O) groups is 1. The van der Waals surface area contributed by atoms with Gasteiger partial charge in [-0.15, -0.1) is 0 Å². The first-order chi connectivity index (χ1) is 10.5. The molecule has 1 aliphatic heterocycles. The second kappa shape index (κ2) is 6.35. The summed E-state index contributed by atoms with van der Waals surface area (Å²) in [6, 6.07) is 8.79. The molecule has 1 saturated heterocycles. The standard InChI is InChI=1S/C17H17Cl2NO2/c1-11-6-8-20(9-7-11)17(21)16-5-4-15(22-16)12-2-3-13(18)14(19)10-12/h2-5,10-11H,6-9H2,1H3. The average Bonchev–Trinajstić information content (AvgIpc) is 3.00. The van der Waals surface area contributed by atoms with Crippen molar-refractivity contribution in [2.75, 3.05) is 13.1 Å². The lowest BCUT2D eigenvalue weighted by Gasteiger charge is -2.29. The Morgan fingerprint density at radius 2 is 1.86 bits per heavy atom. The van der Waals surface area contributed by atoms with Gasteiger partial charge in [0.15, 0.2) is 5.76 Å². The maximum atomic E-state index is 12.5. The van der Waals surface area contributed by atoms with Crippen molar-refractivity contribution in [3.05, 3.63) is 46.1 Å². The molecule has 2 heterocycles. The lowest BCUT2D eigenvalue weighted by atomic mass is 9.99. The van der Waals surface area contributed by atoms with Crippen LogP contribution in [0.5, 0.6) is 0 Å². The van der Waals surface area contributed by atoms with E-state index < -0.39 is 0 Å². The highest BCUT2D eigenvalue weighted by atomic mass is 35.5. The van der Waals surface area contributed by atoms with Crippen molar-refractivity contribution >= 4 is 29.1 Å². The molecule has 1 aliphatic rings. The Morgan fingerprint density at radius 1 is 1.14 bits per heavy atom. The van der Waals surface area contributed by atoms with E-state index in [-0.39, 0.29) is 5.91 Å². The Balaban J connectivity index is 1.78. The molecule has 3 rings (SSSR count). The first-order valence-corrected chi connectivity index (χ1v) is 8.14. The normalized spacial score (nSPS) is 16.0. The van der Waals surface area contributed by atoms with E-state index in [1.807, 2.05) is 11.0 Å². The fourth-order valence-corrected chi connectivity index (χ4v) is 2.92. The van der Waals surface area contributed by atoms with Gasteiger partial charge in [0.05, 0.1) is 10.0 Å².